The molecule has 35 heavy (non-hydrogen) atoms. The number of aromatic amines is 1. The Morgan fingerprint density at radius 3 is 1.23 bits per heavy atom. The van der Waals surface area contributed by atoms with E-state index < -0.39 is 0 Å². The van der Waals surface area contributed by atoms with Crippen LogP contribution in [-0.2, 0) is 18.6 Å². The molecule has 0 bridgehead atoms. The van der Waals surface area contributed by atoms with Crippen LogP contribution in [0.3, 0.4) is 0 Å². The van der Waals surface area contributed by atoms with E-state index in [-0.39, 0.29) is 36.6 Å². The quantitative estimate of drug-likeness (QED) is 0.260. The lowest BCUT2D eigenvalue weighted by Gasteiger charge is -2.32. The summed E-state index contributed by atoms with van der Waals surface area (Å²) in [6.45, 7) is 16.8. The Hall–Kier alpha value is -0.910. The minimum Gasteiger partial charge on any atom is -0.399 e. The molecule has 0 aromatic carbocycles. The van der Waals surface area contributed by atoms with Crippen molar-refractivity contribution in [2.45, 2.75) is 77.8 Å². The number of nitrogens with one attached hydrogen (secondary N) is 1. The summed E-state index contributed by atoms with van der Waals surface area (Å²) in [7, 11) is -0.635. The molecular weight excluding hydrogens is 516 g/mol. The first-order chi connectivity index (χ1) is 16.3. The molecule has 0 radical (unpaired) electrons. The molecule has 0 saturated carbocycles. The van der Waals surface area contributed by atoms with Gasteiger partial charge in [-0.2, -0.15) is 0 Å². The number of hydrogen-bond acceptors (Lipinski definition) is 8. The van der Waals surface area contributed by atoms with Gasteiger partial charge in [-0.15, -0.1) is 45.3 Å². The third kappa shape index (κ3) is 3.13. The predicted octanol–water partition coefficient (Wildman–Crippen LogP) is 6.47. The second-order valence-electron chi connectivity index (χ2n) is 11.6. The number of aromatic nitrogens is 1. The Kier molecular flexibility index (Phi) is 4.60. The van der Waals surface area contributed by atoms with Crippen molar-refractivity contribution in [2.75, 3.05) is 0 Å². The van der Waals surface area contributed by atoms with Crippen molar-refractivity contribution in [2.24, 2.45) is 0 Å². The normalized spacial score (nSPS) is 23.2. The Morgan fingerprint density at radius 2 is 0.886 bits per heavy atom. The maximum atomic E-state index is 6.31. The van der Waals surface area contributed by atoms with Gasteiger partial charge < -0.3 is 23.6 Å². The highest BCUT2D eigenvalue weighted by Crippen LogP contribution is 2.48. The highest BCUT2D eigenvalue weighted by Gasteiger charge is 2.53. The molecule has 0 amide bonds. The Balaban J connectivity index is 1.28. The smallest absolute Gasteiger partial charge is 0.399 e. The molecule has 11 heteroatoms. The van der Waals surface area contributed by atoms with E-state index in [1.165, 1.54) is 39.2 Å². The molecule has 7 rings (SSSR count). The average molecular weight is 543 g/mol. The van der Waals surface area contributed by atoms with Gasteiger partial charge in [0.25, 0.3) is 0 Å². The number of rotatable bonds is 2. The first-order valence-corrected chi connectivity index (χ1v) is 15.1. The Bertz CT molecular complexity index is 1500. The molecule has 0 spiro atoms. The molecule has 0 unspecified atom stereocenters. The van der Waals surface area contributed by atoms with Gasteiger partial charge in [-0.05, 0) is 67.5 Å². The van der Waals surface area contributed by atoms with Crippen molar-refractivity contribution in [1.82, 2.24) is 4.98 Å². The molecule has 2 aliphatic heterocycles. The maximum absolute atomic E-state index is 6.31. The van der Waals surface area contributed by atoms with E-state index in [0.29, 0.717) is 0 Å². The van der Waals surface area contributed by atoms with Gasteiger partial charge in [-0.25, -0.2) is 0 Å². The van der Waals surface area contributed by atoms with Crippen LogP contribution in [0.15, 0.2) is 12.1 Å². The zero-order chi connectivity index (χ0) is 24.7. The zero-order valence-corrected chi connectivity index (χ0v) is 24.3. The van der Waals surface area contributed by atoms with Crippen LogP contribution >= 0.6 is 45.3 Å². The van der Waals surface area contributed by atoms with Gasteiger partial charge in [0.15, 0.2) is 0 Å². The van der Waals surface area contributed by atoms with E-state index in [2.05, 4.69) is 72.5 Å². The molecule has 1 N–H and O–H groups in total. The van der Waals surface area contributed by atoms with Gasteiger partial charge >= 0.3 is 14.2 Å². The standard InChI is InChI=1S/C24H27B2NO4S4/c1-21(2)22(3,4)29-25(28-21)13-9-11-17(34-13)15-19(32-11)20-16(27-15)18-12(33-20)10-14(35-18)26-30-23(5,6)24(7,8)31-26/h9-10,27H,1-8H3. The zero-order valence-electron chi connectivity index (χ0n) is 21.1. The molecule has 5 aromatic heterocycles. The van der Waals surface area contributed by atoms with Crippen LogP contribution in [0, 0.1) is 0 Å². The molecule has 2 aliphatic rings. The second kappa shape index (κ2) is 6.94. The summed E-state index contributed by atoms with van der Waals surface area (Å²) in [5.41, 5.74) is 1.12. The summed E-state index contributed by atoms with van der Waals surface area (Å²) in [6, 6.07) is 4.50. The second-order valence-corrected chi connectivity index (χ2v) is 15.9. The number of thiophene rings is 4. The first-order valence-electron chi connectivity index (χ1n) is 11.9. The topological polar surface area (TPSA) is 52.7 Å². The van der Waals surface area contributed by atoms with Crippen LogP contribution in [0.2, 0.25) is 0 Å². The van der Waals surface area contributed by atoms with Gasteiger partial charge in [0.2, 0.25) is 0 Å². The maximum Gasteiger partial charge on any atom is 0.505 e. The van der Waals surface area contributed by atoms with Crippen molar-refractivity contribution in [1.29, 1.82) is 0 Å². The van der Waals surface area contributed by atoms with Crippen LogP contribution in [0.1, 0.15) is 55.4 Å². The third-order valence-electron chi connectivity index (χ3n) is 8.19. The summed E-state index contributed by atoms with van der Waals surface area (Å²) < 4.78 is 35.3. The van der Waals surface area contributed by atoms with Crippen molar-refractivity contribution in [3.05, 3.63) is 12.1 Å². The van der Waals surface area contributed by atoms with Gasteiger partial charge in [0.1, 0.15) is 0 Å². The first kappa shape index (κ1) is 23.2. The molecule has 0 aliphatic carbocycles. The van der Waals surface area contributed by atoms with Crippen molar-refractivity contribution in [3.63, 3.8) is 0 Å². The van der Waals surface area contributed by atoms with Crippen molar-refractivity contribution >= 4 is 108 Å². The molecule has 5 aromatic rings. The molecule has 0 atom stereocenters. The van der Waals surface area contributed by atoms with Crippen LogP contribution in [0.25, 0.3) is 39.2 Å². The van der Waals surface area contributed by atoms with E-state index in [1.54, 1.807) is 22.7 Å². The molecule has 2 fully saturated rings. The lowest BCUT2D eigenvalue weighted by atomic mass is 9.88. The van der Waals surface area contributed by atoms with E-state index in [1.807, 2.05) is 22.7 Å². The molecule has 7 heterocycles. The summed E-state index contributed by atoms with van der Waals surface area (Å²) in [5, 5.41) is 0. The van der Waals surface area contributed by atoms with Crippen molar-refractivity contribution < 1.29 is 18.6 Å². The highest BCUT2D eigenvalue weighted by atomic mass is 32.1. The summed E-state index contributed by atoms with van der Waals surface area (Å²) >= 11 is 7.27. The fourth-order valence-electron chi connectivity index (χ4n) is 4.64. The number of H-pyrrole nitrogens is 1. The predicted molar refractivity (Wildman–Crippen MR) is 154 cm³/mol. The monoisotopic (exact) mass is 543 g/mol. The van der Waals surface area contributed by atoms with Gasteiger partial charge in [-0.1, -0.05) is 0 Å². The molecule has 5 nitrogen and oxygen atoms in total. The van der Waals surface area contributed by atoms with Crippen LogP contribution < -0.4 is 9.55 Å². The highest BCUT2D eigenvalue weighted by molar-refractivity contribution is 7.41. The van der Waals surface area contributed by atoms with Crippen LogP contribution in [0.5, 0.6) is 0 Å². The van der Waals surface area contributed by atoms with Crippen molar-refractivity contribution in [3.8, 4) is 0 Å². The molecule has 182 valence electrons. The van der Waals surface area contributed by atoms with E-state index in [4.69, 9.17) is 18.6 Å². The lowest BCUT2D eigenvalue weighted by Crippen LogP contribution is -2.41. The fourth-order valence-corrected chi connectivity index (χ4v) is 9.80. The molecule has 2 saturated heterocycles. The largest absolute Gasteiger partial charge is 0.505 e. The van der Waals surface area contributed by atoms with E-state index in [0.717, 1.165) is 9.55 Å². The number of fused-ring (bicyclic) bond motifs is 7. The van der Waals surface area contributed by atoms with Crippen LogP contribution in [0.4, 0.5) is 0 Å². The Labute approximate surface area is 221 Å². The summed E-state index contributed by atoms with van der Waals surface area (Å²) in [5.74, 6) is 0. The average Bonchev–Trinajstić information content (AvgIpc) is 3.51. The van der Waals surface area contributed by atoms with Crippen LogP contribution in [-0.4, -0.2) is 41.6 Å². The summed E-state index contributed by atoms with van der Waals surface area (Å²) in [4.78, 5) is 3.78. The van der Waals surface area contributed by atoms with E-state index in [9.17, 15) is 0 Å². The Morgan fingerprint density at radius 1 is 0.543 bits per heavy atom. The van der Waals surface area contributed by atoms with Gasteiger partial charge in [0, 0.05) is 19.0 Å². The van der Waals surface area contributed by atoms with Gasteiger partial charge in [0.05, 0.1) is 52.2 Å². The minimum absolute atomic E-state index is 0.317. The fraction of sp³-hybridized carbons (Fsp3) is 0.500. The summed E-state index contributed by atoms with van der Waals surface area (Å²) in [6.07, 6.45) is 0. The van der Waals surface area contributed by atoms with Gasteiger partial charge in [-0.3, -0.25) is 0 Å². The molecular formula is C24H27B2NO4S4. The minimum atomic E-state index is -0.334. The lowest BCUT2D eigenvalue weighted by molar-refractivity contribution is 0.00578. The number of hydrogen-bond donors (Lipinski definition) is 1. The van der Waals surface area contributed by atoms with E-state index >= 15 is 0 Å². The third-order valence-corrected chi connectivity index (χ3v) is 13.2. The SMILES string of the molecule is CC1(C)OB(c2cc3sc4c([nH]c5c6sc(B7OC(C)(C)C(C)(C)O7)cc6sc54)c3s2)OC1(C)C.